The Bertz CT molecular complexity index is 1570. The zero-order valence-electron chi connectivity index (χ0n) is 25.1. The molecule has 39 heavy (non-hydrogen) atoms. The minimum Gasteiger partial charge on any atom is -0.402 e. The first-order valence-electron chi connectivity index (χ1n) is 13.9. The largest absolute Gasteiger partial charge is 0.402 e. The van der Waals surface area contributed by atoms with Gasteiger partial charge in [0.05, 0.1) is 16.6 Å². The molecule has 0 radical (unpaired) electrons. The van der Waals surface area contributed by atoms with Gasteiger partial charge in [0.25, 0.3) is 0 Å². The zero-order valence-corrected chi connectivity index (χ0v) is 25.1. The Morgan fingerprint density at radius 1 is 1.05 bits per heavy atom. The molecule has 0 saturated heterocycles. The second-order valence-corrected chi connectivity index (χ2v) is 10.9. The Kier molecular flexibility index (Phi) is 8.10. The molecular weight excluding hydrogens is 478 g/mol. The van der Waals surface area contributed by atoms with Gasteiger partial charge in [-0.15, -0.1) is 0 Å². The van der Waals surface area contributed by atoms with E-state index in [1.165, 1.54) is 38.9 Å². The van der Waals surface area contributed by atoms with Crippen molar-refractivity contribution < 1.29 is 0 Å². The van der Waals surface area contributed by atoms with Crippen LogP contribution in [0, 0.1) is 20.8 Å². The number of fused-ring (bicyclic) bond motifs is 1. The molecule has 4 rings (SSSR count). The van der Waals surface area contributed by atoms with Crippen LogP contribution in [0.1, 0.15) is 72.7 Å². The second-order valence-electron chi connectivity index (χ2n) is 10.9. The van der Waals surface area contributed by atoms with Crippen molar-refractivity contribution in [1.82, 2.24) is 14.5 Å². The minimum absolute atomic E-state index is 0.558. The number of nitrogens with zero attached hydrogens (tertiary/aromatic N) is 4. The van der Waals surface area contributed by atoms with Crippen molar-refractivity contribution in [3.05, 3.63) is 105 Å². The molecule has 5 nitrogen and oxygen atoms in total. The fourth-order valence-electron chi connectivity index (χ4n) is 6.16. The molecule has 0 bridgehead atoms. The van der Waals surface area contributed by atoms with Crippen LogP contribution in [0.3, 0.4) is 0 Å². The second kappa shape index (κ2) is 11.2. The number of pyridine rings is 1. The number of aryl methyl sites for hydroxylation is 5. The molecule has 0 saturated carbocycles. The predicted octanol–water partition coefficient (Wildman–Crippen LogP) is 6.87. The Morgan fingerprint density at radius 3 is 2.31 bits per heavy atom. The van der Waals surface area contributed by atoms with Gasteiger partial charge in [0.2, 0.25) is 0 Å². The Labute approximate surface area is 233 Å². The first kappa shape index (κ1) is 28.3. The molecule has 0 spiro atoms. The van der Waals surface area contributed by atoms with E-state index >= 15 is 0 Å². The van der Waals surface area contributed by atoms with E-state index in [4.69, 9.17) is 10.7 Å². The highest BCUT2D eigenvalue weighted by Crippen LogP contribution is 2.43. The van der Waals surface area contributed by atoms with Gasteiger partial charge in [-0.2, -0.15) is 0 Å². The van der Waals surface area contributed by atoms with Crippen LogP contribution in [0.15, 0.2) is 64.9 Å². The van der Waals surface area contributed by atoms with E-state index in [1.54, 1.807) is 0 Å². The number of aliphatic imine (C=N–C) groups is 1. The molecule has 4 aromatic rings. The van der Waals surface area contributed by atoms with Crippen LogP contribution in [-0.4, -0.2) is 27.3 Å². The summed E-state index contributed by atoms with van der Waals surface area (Å²) in [7, 11) is 3.91. The number of hydrogen-bond acceptors (Lipinski definition) is 4. The van der Waals surface area contributed by atoms with Crippen molar-refractivity contribution in [2.24, 2.45) is 17.8 Å². The van der Waals surface area contributed by atoms with Crippen molar-refractivity contribution in [2.75, 3.05) is 7.05 Å². The van der Waals surface area contributed by atoms with Gasteiger partial charge in [0.15, 0.2) is 0 Å². The van der Waals surface area contributed by atoms with Gasteiger partial charge in [-0.25, -0.2) is 4.98 Å². The summed E-state index contributed by atoms with van der Waals surface area (Å²) in [5.74, 6) is 0.961. The maximum absolute atomic E-state index is 6.63. The monoisotopic (exact) mass is 521 g/mol. The highest BCUT2D eigenvalue weighted by atomic mass is 15.1. The lowest BCUT2D eigenvalue weighted by Crippen LogP contribution is -2.34. The zero-order chi connectivity index (χ0) is 28.5. The van der Waals surface area contributed by atoms with Crippen molar-refractivity contribution in [1.29, 1.82) is 0 Å². The molecule has 0 aliphatic carbocycles. The van der Waals surface area contributed by atoms with Gasteiger partial charge in [-0.3, -0.25) is 9.98 Å². The summed E-state index contributed by atoms with van der Waals surface area (Å²) in [6, 6.07) is 15.3. The molecule has 1 unspecified atom stereocenters. The molecule has 0 aliphatic heterocycles. The minimum atomic E-state index is -0.558. The first-order chi connectivity index (χ1) is 18.5. The molecule has 2 heterocycles. The summed E-state index contributed by atoms with van der Waals surface area (Å²) in [5, 5.41) is 1.20. The van der Waals surface area contributed by atoms with Crippen molar-refractivity contribution >= 4 is 16.6 Å². The molecule has 0 fully saturated rings. The quantitative estimate of drug-likeness (QED) is 0.257. The Morgan fingerprint density at radius 2 is 1.74 bits per heavy atom. The summed E-state index contributed by atoms with van der Waals surface area (Å²) in [4.78, 5) is 14.5. The number of allylic oxidation sites excluding steroid dienone is 2. The summed E-state index contributed by atoms with van der Waals surface area (Å²) >= 11 is 0. The van der Waals surface area contributed by atoms with Crippen LogP contribution in [-0.2, 0) is 31.7 Å². The van der Waals surface area contributed by atoms with E-state index in [-0.39, 0.29) is 0 Å². The fraction of sp³-hybridized carbons (Fsp3) is 0.382. The number of rotatable bonds is 8. The molecule has 0 amide bonds. The highest BCUT2D eigenvalue weighted by molar-refractivity contribution is 6.02. The maximum atomic E-state index is 6.63. The van der Waals surface area contributed by atoms with Gasteiger partial charge >= 0.3 is 0 Å². The summed E-state index contributed by atoms with van der Waals surface area (Å²) in [6.07, 6.45) is 4.87. The Balaban J connectivity index is 2.00. The van der Waals surface area contributed by atoms with Crippen LogP contribution in [0.25, 0.3) is 10.9 Å². The number of benzene rings is 2. The standard InChI is InChI=1S/C34H43N5/c1-10-30-28(17-16-26-14-12-11-13-15-26)22(3)29-19-27(18-21(2)33(29)38-30)34(7,31-20-37-25(6)39(31)9)32(23(4)35)24(5)36-8/h11-15,18-20H,10,16-17,35H2,1-9H3. The number of aromatic nitrogens is 3. The lowest BCUT2D eigenvalue weighted by atomic mass is 9.70. The number of nitrogens with two attached hydrogens (primary N) is 1. The van der Waals surface area contributed by atoms with E-state index in [9.17, 15) is 0 Å². The third-order valence-electron chi connectivity index (χ3n) is 8.50. The topological polar surface area (TPSA) is 69.1 Å². The van der Waals surface area contributed by atoms with E-state index < -0.39 is 5.41 Å². The van der Waals surface area contributed by atoms with Crippen LogP contribution < -0.4 is 5.73 Å². The van der Waals surface area contributed by atoms with E-state index in [2.05, 4.69) is 91.8 Å². The average molecular weight is 522 g/mol. The van der Waals surface area contributed by atoms with Crippen molar-refractivity contribution in [3.63, 3.8) is 0 Å². The molecule has 1 atom stereocenters. The van der Waals surface area contributed by atoms with Crippen molar-refractivity contribution in [2.45, 2.75) is 73.1 Å². The summed E-state index contributed by atoms with van der Waals surface area (Å²) in [5.41, 5.74) is 18.5. The van der Waals surface area contributed by atoms with Crippen LogP contribution in [0.2, 0.25) is 0 Å². The van der Waals surface area contributed by atoms with Gasteiger partial charge in [0, 0.05) is 48.4 Å². The van der Waals surface area contributed by atoms with E-state index in [1.807, 2.05) is 34.0 Å². The maximum Gasteiger partial charge on any atom is 0.105 e. The van der Waals surface area contributed by atoms with Crippen LogP contribution >= 0.6 is 0 Å². The molecule has 2 aromatic heterocycles. The van der Waals surface area contributed by atoms with Crippen LogP contribution in [0.5, 0.6) is 0 Å². The SMILES string of the molecule is CCc1nc2c(C)cc(C(C)(C(C(C)=NC)=C(C)N)c3cnc(C)n3C)cc2c(C)c1CCc1ccccc1. The lowest BCUT2D eigenvalue weighted by Gasteiger charge is -2.35. The lowest BCUT2D eigenvalue weighted by molar-refractivity contribution is 0.618. The Hall–Kier alpha value is -3.73. The third-order valence-corrected chi connectivity index (χ3v) is 8.50. The highest BCUT2D eigenvalue weighted by Gasteiger charge is 2.39. The third kappa shape index (κ3) is 5.03. The van der Waals surface area contributed by atoms with E-state index in [0.29, 0.717) is 0 Å². The molecule has 2 aromatic carbocycles. The molecule has 0 aliphatic rings. The number of imidazole rings is 1. The summed E-state index contributed by atoms with van der Waals surface area (Å²) < 4.78 is 2.17. The van der Waals surface area contributed by atoms with Gasteiger partial charge in [-0.1, -0.05) is 43.3 Å². The fourth-order valence-corrected chi connectivity index (χ4v) is 6.16. The van der Waals surface area contributed by atoms with Crippen molar-refractivity contribution in [3.8, 4) is 0 Å². The predicted molar refractivity (Wildman–Crippen MR) is 165 cm³/mol. The molecule has 204 valence electrons. The van der Waals surface area contributed by atoms with Gasteiger partial charge in [0.1, 0.15) is 5.82 Å². The smallest absolute Gasteiger partial charge is 0.105 e. The van der Waals surface area contributed by atoms with Gasteiger partial charge < -0.3 is 10.3 Å². The molecule has 5 heteroatoms. The number of hydrogen-bond donors (Lipinski definition) is 1. The average Bonchev–Trinajstić information content (AvgIpc) is 3.26. The van der Waals surface area contributed by atoms with Crippen LogP contribution in [0.4, 0.5) is 0 Å². The van der Waals surface area contributed by atoms with Gasteiger partial charge in [-0.05, 0) is 94.7 Å². The molecule has 2 N–H and O–H groups in total. The normalized spacial score (nSPS) is 14.4. The summed E-state index contributed by atoms with van der Waals surface area (Å²) in [6.45, 7) is 15.0. The first-order valence-corrected chi connectivity index (χ1v) is 13.9. The van der Waals surface area contributed by atoms with E-state index in [0.717, 1.165) is 53.3 Å². The molecular formula is C34H43N5.